The molecule has 0 aliphatic carbocycles. The molecule has 4 aromatic rings. The zero-order chi connectivity index (χ0) is 36.3. The van der Waals surface area contributed by atoms with Crippen molar-refractivity contribution in [3.8, 4) is 5.69 Å². The zero-order valence-electron chi connectivity index (χ0n) is 27.3. The lowest BCUT2D eigenvalue weighted by atomic mass is 9.90. The van der Waals surface area contributed by atoms with E-state index in [4.69, 9.17) is 0 Å². The van der Waals surface area contributed by atoms with Gasteiger partial charge in [0.2, 0.25) is 0 Å². The predicted octanol–water partition coefficient (Wildman–Crippen LogP) is 2.03. The first-order valence-electron chi connectivity index (χ1n) is 15.0. The van der Waals surface area contributed by atoms with Crippen LogP contribution in [-0.4, -0.2) is 54.5 Å². The maximum atomic E-state index is 15.1. The van der Waals surface area contributed by atoms with E-state index in [0.717, 1.165) is 16.7 Å². The van der Waals surface area contributed by atoms with Gasteiger partial charge in [0, 0.05) is 36.5 Å². The molecule has 3 aromatic carbocycles. The number of hydrogen-bond donors (Lipinski definition) is 3. The van der Waals surface area contributed by atoms with Crippen molar-refractivity contribution in [2.75, 3.05) is 4.72 Å². The van der Waals surface area contributed by atoms with E-state index in [0.29, 0.717) is 23.4 Å². The SMILES string of the molecule is BC(=O)[C@H](CCc1ccc(-n2c(=O)ccn(C)c2=O)cc1)NC(=O)c1cc(F)c(NS(=O)(=O)c2ccc(C(=O)NC(C)(C)C)cc2)cc1F. The number of aromatic nitrogens is 2. The Labute approximate surface area is 281 Å². The number of aryl methyl sites for hydroxylation is 2. The van der Waals surface area contributed by atoms with Gasteiger partial charge in [-0.2, -0.15) is 0 Å². The first kappa shape index (κ1) is 36.5. The minimum Gasteiger partial charge on any atom is -0.347 e. The number of anilines is 1. The van der Waals surface area contributed by atoms with Crippen LogP contribution in [0.5, 0.6) is 0 Å². The van der Waals surface area contributed by atoms with E-state index >= 15 is 8.78 Å². The summed E-state index contributed by atoms with van der Waals surface area (Å²) in [7, 11) is -1.68. The molecule has 3 N–H and O–H groups in total. The van der Waals surface area contributed by atoms with Gasteiger partial charge in [-0.3, -0.25) is 19.1 Å². The summed E-state index contributed by atoms with van der Waals surface area (Å²) < 4.78 is 60.1. The number of hydrogen-bond acceptors (Lipinski definition) is 7. The molecule has 256 valence electrons. The van der Waals surface area contributed by atoms with Crippen molar-refractivity contribution in [1.29, 1.82) is 0 Å². The molecule has 0 spiro atoms. The summed E-state index contributed by atoms with van der Waals surface area (Å²) in [5.74, 6) is -4.01. The van der Waals surface area contributed by atoms with Gasteiger partial charge in [-0.25, -0.2) is 26.6 Å². The summed E-state index contributed by atoms with van der Waals surface area (Å²) in [6.07, 6.45) is 1.72. The second kappa shape index (κ2) is 14.4. The van der Waals surface area contributed by atoms with Gasteiger partial charge in [-0.05, 0) is 81.6 Å². The maximum absolute atomic E-state index is 15.1. The summed E-state index contributed by atoms with van der Waals surface area (Å²) in [6.45, 7) is 5.35. The van der Waals surface area contributed by atoms with Crippen LogP contribution in [0.3, 0.4) is 0 Å². The summed E-state index contributed by atoms with van der Waals surface area (Å²) in [5, 5.41) is 5.14. The summed E-state index contributed by atoms with van der Waals surface area (Å²) in [5.41, 5.74) is -2.26. The summed E-state index contributed by atoms with van der Waals surface area (Å²) >= 11 is 0. The Hall–Kier alpha value is -5.38. The van der Waals surface area contributed by atoms with Crippen molar-refractivity contribution in [3.63, 3.8) is 0 Å². The number of benzene rings is 3. The Bertz CT molecular complexity index is 2140. The molecule has 1 atom stereocenters. The Kier molecular flexibility index (Phi) is 10.7. The highest BCUT2D eigenvalue weighted by Crippen LogP contribution is 2.24. The number of rotatable bonds is 11. The quantitative estimate of drug-likeness (QED) is 0.202. The number of nitrogens with one attached hydrogen (secondary N) is 3. The van der Waals surface area contributed by atoms with Gasteiger partial charge in [-0.15, -0.1) is 0 Å². The molecular weight excluding hydrogens is 659 g/mol. The van der Waals surface area contributed by atoms with E-state index in [1.807, 2.05) is 4.72 Å². The van der Waals surface area contributed by atoms with Crippen LogP contribution in [0.15, 0.2) is 87.4 Å². The Morgan fingerprint density at radius 3 is 2.12 bits per heavy atom. The Balaban J connectivity index is 1.43. The second-order valence-electron chi connectivity index (χ2n) is 12.4. The van der Waals surface area contributed by atoms with E-state index in [2.05, 4.69) is 10.6 Å². The zero-order valence-corrected chi connectivity index (χ0v) is 28.2. The highest BCUT2D eigenvalue weighted by Gasteiger charge is 2.24. The van der Waals surface area contributed by atoms with Crippen LogP contribution in [0.2, 0.25) is 0 Å². The van der Waals surface area contributed by atoms with E-state index < -0.39 is 73.2 Å². The third-order valence-electron chi connectivity index (χ3n) is 7.33. The smallest absolute Gasteiger partial charge is 0.335 e. The highest BCUT2D eigenvalue weighted by molar-refractivity contribution is 7.92. The highest BCUT2D eigenvalue weighted by atomic mass is 32.2. The molecule has 0 saturated carbocycles. The fourth-order valence-corrected chi connectivity index (χ4v) is 5.80. The Morgan fingerprint density at radius 2 is 1.53 bits per heavy atom. The van der Waals surface area contributed by atoms with Gasteiger partial charge in [0.1, 0.15) is 17.3 Å². The maximum Gasteiger partial charge on any atom is 0.335 e. The first-order chi connectivity index (χ1) is 22.9. The van der Waals surface area contributed by atoms with Crippen molar-refractivity contribution in [2.45, 2.75) is 50.1 Å². The van der Waals surface area contributed by atoms with Gasteiger partial charge in [-0.1, -0.05) is 12.1 Å². The lowest BCUT2D eigenvalue weighted by Gasteiger charge is -2.20. The van der Waals surface area contributed by atoms with E-state index in [1.54, 1.807) is 45.0 Å². The normalized spacial score (nSPS) is 12.2. The van der Waals surface area contributed by atoms with Crippen LogP contribution in [0.25, 0.3) is 5.69 Å². The molecule has 0 radical (unpaired) electrons. The summed E-state index contributed by atoms with van der Waals surface area (Å²) in [6, 6.07) is 12.5. The number of amides is 2. The van der Waals surface area contributed by atoms with Crippen molar-refractivity contribution in [2.24, 2.45) is 7.05 Å². The average molecular weight is 694 g/mol. The molecule has 0 bridgehead atoms. The topological polar surface area (TPSA) is 165 Å². The minimum absolute atomic E-state index is 0.0894. The van der Waals surface area contributed by atoms with E-state index in [9.17, 15) is 32.4 Å². The molecule has 0 aliphatic heterocycles. The number of nitrogens with zero attached hydrogens (tertiary/aromatic N) is 2. The fraction of sp³-hybridized carbons (Fsp3) is 0.242. The molecule has 1 heterocycles. The number of carbonyl (C=O) groups excluding carboxylic acids is 3. The molecule has 0 fully saturated rings. The average Bonchev–Trinajstić information content (AvgIpc) is 3.02. The number of carbonyl (C=O) groups is 3. The number of halogens is 2. The van der Waals surface area contributed by atoms with Crippen molar-refractivity contribution in [1.82, 2.24) is 19.8 Å². The summed E-state index contributed by atoms with van der Waals surface area (Å²) in [4.78, 5) is 61.9. The lowest BCUT2D eigenvalue weighted by Crippen LogP contribution is -2.41. The fourth-order valence-electron chi connectivity index (χ4n) is 4.74. The van der Waals surface area contributed by atoms with Gasteiger partial charge in [0.05, 0.1) is 27.9 Å². The van der Waals surface area contributed by atoms with E-state index in [1.165, 1.54) is 43.9 Å². The largest absolute Gasteiger partial charge is 0.347 e. The molecule has 12 nitrogen and oxygen atoms in total. The van der Waals surface area contributed by atoms with Gasteiger partial charge in [0.25, 0.3) is 27.4 Å². The van der Waals surface area contributed by atoms with Crippen molar-refractivity contribution < 1.29 is 31.6 Å². The van der Waals surface area contributed by atoms with Gasteiger partial charge < -0.3 is 20.0 Å². The van der Waals surface area contributed by atoms with Crippen LogP contribution in [0, 0.1) is 11.6 Å². The third kappa shape index (κ3) is 8.96. The van der Waals surface area contributed by atoms with Crippen molar-refractivity contribution >= 4 is 41.1 Å². The molecule has 4 rings (SSSR count). The molecule has 1 aromatic heterocycles. The standard InChI is InChI=1S/C33H34BF2N5O7S/c1-33(2,3)38-30(44)20-8-12-22(13-9-20)49(47,48)39-27-18-24(35)23(17-25(27)36)31(45)37-26(29(34)43)14-7-19-5-10-21(11-6-19)41-28(42)15-16-40(4)32(41)46/h5-6,8-13,15-18,26,39H,7,14,34H2,1-4H3,(H,37,45)(H,38,44)/t26-/m0/s1. The third-order valence-corrected chi connectivity index (χ3v) is 8.71. The first-order valence-corrected chi connectivity index (χ1v) is 16.5. The van der Waals surface area contributed by atoms with Gasteiger partial charge in [0.15, 0.2) is 7.85 Å². The molecule has 0 saturated heterocycles. The van der Waals surface area contributed by atoms with Crippen molar-refractivity contribution in [3.05, 3.63) is 122 Å². The Morgan fingerprint density at radius 1 is 0.898 bits per heavy atom. The van der Waals surface area contributed by atoms with Crippen LogP contribution in [-0.2, 0) is 28.3 Å². The van der Waals surface area contributed by atoms with Crippen LogP contribution < -0.4 is 26.6 Å². The van der Waals surface area contributed by atoms with Crippen LogP contribution in [0.1, 0.15) is 53.5 Å². The second-order valence-corrected chi connectivity index (χ2v) is 14.1. The predicted molar refractivity (Wildman–Crippen MR) is 181 cm³/mol. The minimum atomic E-state index is -4.42. The number of sulfonamides is 1. The van der Waals surface area contributed by atoms with Gasteiger partial charge >= 0.3 is 5.69 Å². The monoisotopic (exact) mass is 693 g/mol. The molecule has 0 aliphatic rings. The van der Waals surface area contributed by atoms with Crippen LogP contribution >= 0.6 is 0 Å². The molecular formula is C33H34BF2N5O7S. The molecule has 49 heavy (non-hydrogen) atoms. The van der Waals surface area contributed by atoms with Crippen LogP contribution in [0.4, 0.5) is 14.5 Å². The molecule has 16 heteroatoms. The lowest BCUT2D eigenvalue weighted by molar-refractivity contribution is -0.113. The molecule has 0 unspecified atom stereocenters. The van der Waals surface area contributed by atoms with E-state index in [-0.39, 0.29) is 23.3 Å². The molecule has 2 amide bonds.